The van der Waals surface area contributed by atoms with Crippen molar-refractivity contribution in [2.24, 2.45) is 11.3 Å². The predicted molar refractivity (Wildman–Crippen MR) is 64.4 cm³/mol. The molecule has 94 valence electrons. The molecule has 0 bridgehead atoms. The van der Waals surface area contributed by atoms with Crippen LogP contribution in [0.5, 0.6) is 0 Å². The molecule has 1 saturated carbocycles. The van der Waals surface area contributed by atoms with Crippen molar-refractivity contribution in [3.8, 4) is 0 Å². The largest absolute Gasteiger partial charge is 0.386 e. The molecular weight excluding hydrogens is 202 g/mol. The summed E-state index contributed by atoms with van der Waals surface area (Å²) in [6.07, 6.45) is 3.26. The van der Waals surface area contributed by atoms with Crippen molar-refractivity contribution in [2.45, 2.75) is 51.7 Å². The summed E-state index contributed by atoms with van der Waals surface area (Å²) in [5.74, 6) is 0.709. The maximum absolute atomic E-state index is 10.2. The lowest BCUT2D eigenvalue weighted by molar-refractivity contribution is 0.0238. The van der Waals surface area contributed by atoms with Crippen LogP contribution in [0.2, 0.25) is 0 Å². The Labute approximate surface area is 98.6 Å². The van der Waals surface area contributed by atoms with Crippen molar-refractivity contribution in [1.82, 2.24) is 5.32 Å². The minimum absolute atomic E-state index is 0.450. The highest BCUT2D eigenvalue weighted by Crippen LogP contribution is 2.40. The van der Waals surface area contributed by atoms with E-state index in [1.165, 1.54) is 12.8 Å². The molecule has 2 rings (SSSR count). The van der Waals surface area contributed by atoms with Gasteiger partial charge in [-0.25, -0.2) is 0 Å². The molecule has 16 heavy (non-hydrogen) atoms. The van der Waals surface area contributed by atoms with Crippen molar-refractivity contribution in [3.05, 3.63) is 0 Å². The number of aliphatic hydroxyl groups is 1. The second kappa shape index (κ2) is 4.28. The zero-order valence-electron chi connectivity index (χ0n) is 10.8. The van der Waals surface area contributed by atoms with Gasteiger partial charge in [-0.3, -0.25) is 0 Å². The van der Waals surface area contributed by atoms with Crippen molar-refractivity contribution in [3.63, 3.8) is 0 Å². The molecule has 1 aliphatic carbocycles. The van der Waals surface area contributed by atoms with Gasteiger partial charge in [0.05, 0.1) is 6.61 Å². The zero-order chi connectivity index (χ0) is 11.8. The van der Waals surface area contributed by atoms with Crippen LogP contribution in [0, 0.1) is 11.3 Å². The maximum atomic E-state index is 10.2. The van der Waals surface area contributed by atoms with Crippen LogP contribution in [0.15, 0.2) is 0 Å². The SMILES string of the molecule is C[C@@H]1CC(C)(C)C[C@H]1NC[C@@]1(O)CCOC1. The summed E-state index contributed by atoms with van der Waals surface area (Å²) >= 11 is 0. The molecule has 2 fully saturated rings. The second-order valence-corrected chi connectivity index (χ2v) is 6.56. The summed E-state index contributed by atoms with van der Waals surface area (Å²) in [7, 11) is 0. The first kappa shape index (κ1) is 12.3. The van der Waals surface area contributed by atoms with Crippen LogP contribution in [0.1, 0.15) is 40.0 Å². The Morgan fingerprint density at radius 3 is 2.62 bits per heavy atom. The molecule has 0 unspecified atom stereocenters. The van der Waals surface area contributed by atoms with Crippen molar-refractivity contribution in [2.75, 3.05) is 19.8 Å². The van der Waals surface area contributed by atoms with Crippen LogP contribution >= 0.6 is 0 Å². The van der Waals surface area contributed by atoms with Gasteiger partial charge in [-0.05, 0) is 24.2 Å². The third kappa shape index (κ3) is 2.76. The lowest BCUT2D eigenvalue weighted by Crippen LogP contribution is -2.45. The Hall–Kier alpha value is -0.120. The van der Waals surface area contributed by atoms with Crippen molar-refractivity contribution < 1.29 is 9.84 Å². The highest BCUT2D eigenvalue weighted by molar-refractivity contribution is 4.94. The molecule has 0 aromatic carbocycles. The van der Waals surface area contributed by atoms with Crippen LogP contribution in [0.25, 0.3) is 0 Å². The van der Waals surface area contributed by atoms with Crippen molar-refractivity contribution in [1.29, 1.82) is 0 Å². The van der Waals surface area contributed by atoms with E-state index >= 15 is 0 Å². The van der Waals surface area contributed by atoms with Crippen LogP contribution < -0.4 is 5.32 Å². The lowest BCUT2D eigenvalue weighted by atomic mass is 9.91. The molecule has 1 saturated heterocycles. The third-order valence-corrected chi connectivity index (χ3v) is 4.11. The molecule has 0 amide bonds. The second-order valence-electron chi connectivity index (χ2n) is 6.56. The van der Waals surface area contributed by atoms with E-state index in [1.807, 2.05) is 0 Å². The summed E-state index contributed by atoms with van der Waals surface area (Å²) < 4.78 is 5.25. The van der Waals surface area contributed by atoms with E-state index in [0.717, 1.165) is 6.42 Å². The van der Waals surface area contributed by atoms with Gasteiger partial charge >= 0.3 is 0 Å². The van der Waals surface area contributed by atoms with Gasteiger partial charge in [0.2, 0.25) is 0 Å². The molecular formula is C13H25NO2. The first-order valence-electron chi connectivity index (χ1n) is 6.44. The predicted octanol–water partition coefficient (Wildman–Crippen LogP) is 1.55. The fourth-order valence-corrected chi connectivity index (χ4v) is 3.22. The molecule has 0 aromatic rings. The van der Waals surface area contributed by atoms with E-state index < -0.39 is 5.60 Å². The Morgan fingerprint density at radius 2 is 2.12 bits per heavy atom. The van der Waals surface area contributed by atoms with E-state index in [0.29, 0.717) is 37.1 Å². The first-order valence-corrected chi connectivity index (χ1v) is 6.44. The lowest BCUT2D eigenvalue weighted by Gasteiger charge is -2.25. The maximum Gasteiger partial charge on any atom is 0.102 e. The number of ether oxygens (including phenoxy) is 1. The van der Waals surface area contributed by atoms with E-state index in [9.17, 15) is 5.11 Å². The average molecular weight is 227 g/mol. The van der Waals surface area contributed by atoms with Gasteiger partial charge < -0.3 is 15.2 Å². The Bertz CT molecular complexity index is 246. The highest BCUT2D eigenvalue weighted by atomic mass is 16.5. The molecule has 3 nitrogen and oxygen atoms in total. The van der Waals surface area contributed by atoms with Crippen molar-refractivity contribution >= 4 is 0 Å². The Kier molecular flexibility index (Phi) is 3.30. The van der Waals surface area contributed by atoms with Gasteiger partial charge in [0, 0.05) is 25.6 Å². The Morgan fingerprint density at radius 1 is 1.38 bits per heavy atom. The minimum atomic E-state index is -0.619. The molecule has 0 radical (unpaired) electrons. The van der Waals surface area contributed by atoms with E-state index in [2.05, 4.69) is 26.1 Å². The molecule has 3 atom stereocenters. The minimum Gasteiger partial charge on any atom is -0.386 e. The Balaban J connectivity index is 1.82. The van der Waals surface area contributed by atoms with Gasteiger partial charge in [0.1, 0.15) is 5.60 Å². The van der Waals surface area contributed by atoms with Crippen LogP contribution in [-0.2, 0) is 4.74 Å². The topological polar surface area (TPSA) is 41.5 Å². The highest BCUT2D eigenvalue weighted by Gasteiger charge is 2.39. The van der Waals surface area contributed by atoms with Gasteiger partial charge in [0.15, 0.2) is 0 Å². The molecule has 1 heterocycles. The van der Waals surface area contributed by atoms with Gasteiger partial charge in [-0.2, -0.15) is 0 Å². The summed E-state index contributed by atoms with van der Waals surface area (Å²) in [6.45, 7) is 8.84. The van der Waals surface area contributed by atoms with E-state index in [1.54, 1.807) is 0 Å². The molecule has 0 spiro atoms. The first-order chi connectivity index (χ1) is 7.40. The fraction of sp³-hybridized carbons (Fsp3) is 1.00. The quantitative estimate of drug-likeness (QED) is 0.768. The van der Waals surface area contributed by atoms with Gasteiger partial charge in [0.25, 0.3) is 0 Å². The smallest absolute Gasteiger partial charge is 0.102 e. The monoisotopic (exact) mass is 227 g/mol. The number of hydrogen-bond donors (Lipinski definition) is 2. The zero-order valence-corrected chi connectivity index (χ0v) is 10.8. The third-order valence-electron chi connectivity index (χ3n) is 4.11. The summed E-state index contributed by atoms with van der Waals surface area (Å²) in [6, 6.07) is 0.555. The molecule has 0 aromatic heterocycles. The fourth-order valence-electron chi connectivity index (χ4n) is 3.22. The van der Waals surface area contributed by atoms with Crippen LogP contribution in [0.3, 0.4) is 0 Å². The number of nitrogens with one attached hydrogen (secondary N) is 1. The summed E-state index contributed by atoms with van der Waals surface area (Å²) in [4.78, 5) is 0. The van der Waals surface area contributed by atoms with Gasteiger partial charge in [-0.15, -0.1) is 0 Å². The number of rotatable bonds is 3. The molecule has 1 aliphatic heterocycles. The number of hydrogen-bond acceptors (Lipinski definition) is 3. The van der Waals surface area contributed by atoms with Crippen LogP contribution in [-0.4, -0.2) is 36.5 Å². The normalized spacial score (nSPS) is 42.8. The molecule has 2 N–H and O–H groups in total. The van der Waals surface area contributed by atoms with E-state index in [-0.39, 0.29) is 0 Å². The standard InChI is InChI=1S/C13H25NO2/c1-10-6-12(2,3)7-11(10)14-8-13(15)4-5-16-9-13/h10-11,14-15H,4-9H2,1-3H3/t10-,11-,13+/m1/s1. The van der Waals surface area contributed by atoms with E-state index in [4.69, 9.17) is 4.74 Å². The molecule has 3 heteroatoms. The summed E-state index contributed by atoms with van der Waals surface area (Å²) in [5.41, 5.74) is -0.168. The van der Waals surface area contributed by atoms with Crippen LogP contribution in [0.4, 0.5) is 0 Å². The average Bonchev–Trinajstić information content (AvgIpc) is 2.68. The van der Waals surface area contributed by atoms with Gasteiger partial charge in [-0.1, -0.05) is 20.8 Å². The summed E-state index contributed by atoms with van der Waals surface area (Å²) in [5, 5.41) is 13.7. The molecule has 2 aliphatic rings.